The van der Waals surface area contributed by atoms with Crippen molar-refractivity contribution in [3.8, 4) is 0 Å². The zero-order chi connectivity index (χ0) is 12.1. The number of hydroxylamine groups is 3. The number of amides is 1. The maximum atomic E-state index is 11.7. The molecule has 0 saturated carbocycles. The van der Waals surface area contributed by atoms with E-state index < -0.39 is 6.04 Å². The van der Waals surface area contributed by atoms with Crippen molar-refractivity contribution in [2.24, 2.45) is 0 Å². The number of carbonyl (C=O) groups is 1. The lowest BCUT2D eigenvalue weighted by molar-refractivity contribution is -0.171. The molecule has 5 heteroatoms. The highest BCUT2D eigenvalue weighted by atomic mass is 16.7. The van der Waals surface area contributed by atoms with E-state index in [0.29, 0.717) is 5.69 Å². The van der Waals surface area contributed by atoms with Gasteiger partial charge in [0.1, 0.15) is 6.04 Å². The van der Waals surface area contributed by atoms with Gasteiger partial charge < -0.3 is 0 Å². The van der Waals surface area contributed by atoms with Gasteiger partial charge in [-0.15, -0.1) is 0 Å². The van der Waals surface area contributed by atoms with Crippen LogP contribution in [0.15, 0.2) is 30.3 Å². The van der Waals surface area contributed by atoms with Crippen LogP contribution in [-0.2, 0) is 9.63 Å². The maximum absolute atomic E-state index is 11.7. The summed E-state index contributed by atoms with van der Waals surface area (Å²) in [6, 6.07) is 8.15. The molecule has 16 heavy (non-hydrogen) atoms. The second kappa shape index (κ2) is 5.48. The number of likely N-dealkylation sites (N-methyl/N-ethyl adjacent to an activating group) is 1. The highest BCUT2D eigenvalue weighted by molar-refractivity contribution is 5.83. The van der Waals surface area contributed by atoms with Gasteiger partial charge in [0, 0.05) is 7.05 Å². The Balaban J connectivity index is 2.75. The van der Waals surface area contributed by atoms with E-state index in [-0.39, 0.29) is 5.91 Å². The van der Waals surface area contributed by atoms with Gasteiger partial charge in [-0.3, -0.25) is 14.8 Å². The third-order valence-electron chi connectivity index (χ3n) is 2.33. The van der Waals surface area contributed by atoms with Gasteiger partial charge in [0.05, 0.1) is 12.8 Å². The molecule has 1 amide bonds. The monoisotopic (exact) mass is 224 g/mol. The Morgan fingerprint density at radius 2 is 1.94 bits per heavy atom. The fraction of sp³-hybridized carbons (Fsp3) is 0.364. The molecular formula is C11H16N2O3. The van der Waals surface area contributed by atoms with E-state index >= 15 is 0 Å². The number of rotatable bonds is 4. The molecule has 0 saturated heterocycles. The van der Waals surface area contributed by atoms with Gasteiger partial charge in [0.2, 0.25) is 0 Å². The zero-order valence-corrected chi connectivity index (χ0v) is 9.62. The Labute approximate surface area is 94.8 Å². The summed E-state index contributed by atoms with van der Waals surface area (Å²) in [5, 5.41) is 11.8. The minimum atomic E-state index is -0.702. The number of hydrogen-bond donors (Lipinski definition) is 1. The summed E-state index contributed by atoms with van der Waals surface area (Å²) in [4.78, 5) is 16.5. The van der Waals surface area contributed by atoms with Crippen LogP contribution in [0.5, 0.6) is 0 Å². The standard InChI is InChI=1S/C11H16N2O3/c1-9(11(14)12(2)16-3)13(15)10-7-5-4-6-8-10/h4-9,15H,1-3H3/t9-/m0/s1. The van der Waals surface area contributed by atoms with Crippen LogP contribution < -0.4 is 5.06 Å². The lowest BCUT2D eigenvalue weighted by Gasteiger charge is -2.26. The number of carbonyl (C=O) groups excluding carboxylic acids is 1. The Morgan fingerprint density at radius 3 is 2.44 bits per heavy atom. The van der Waals surface area contributed by atoms with Gasteiger partial charge in [-0.05, 0) is 19.1 Å². The van der Waals surface area contributed by atoms with Crippen LogP contribution in [-0.4, -0.2) is 36.4 Å². The van der Waals surface area contributed by atoms with Gasteiger partial charge in [0.25, 0.3) is 5.91 Å². The summed E-state index contributed by atoms with van der Waals surface area (Å²) in [7, 11) is 2.90. The fourth-order valence-electron chi connectivity index (χ4n) is 1.26. The Hall–Kier alpha value is -1.59. The van der Waals surface area contributed by atoms with Crippen molar-refractivity contribution in [3.05, 3.63) is 30.3 Å². The summed E-state index contributed by atoms with van der Waals surface area (Å²) in [6.07, 6.45) is 0. The molecule has 1 aromatic carbocycles. The third kappa shape index (κ3) is 2.71. The minimum Gasteiger partial charge on any atom is -0.288 e. The Bertz CT molecular complexity index is 342. The normalized spacial score (nSPS) is 12.0. The first kappa shape index (κ1) is 12.5. The molecule has 0 aromatic heterocycles. The maximum Gasteiger partial charge on any atom is 0.270 e. The average Bonchev–Trinajstić information content (AvgIpc) is 2.36. The highest BCUT2D eigenvalue weighted by Crippen LogP contribution is 2.14. The van der Waals surface area contributed by atoms with Crippen molar-refractivity contribution in [1.29, 1.82) is 0 Å². The molecule has 0 unspecified atom stereocenters. The number of hydrogen-bond acceptors (Lipinski definition) is 4. The van der Waals surface area contributed by atoms with Crippen LogP contribution >= 0.6 is 0 Å². The molecule has 0 aliphatic rings. The molecule has 0 heterocycles. The lowest BCUT2D eigenvalue weighted by atomic mass is 10.2. The number of anilines is 1. The summed E-state index contributed by atoms with van der Waals surface area (Å²) in [5.74, 6) is -0.325. The van der Waals surface area contributed by atoms with E-state index in [1.165, 1.54) is 14.2 Å². The predicted octanol–water partition coefficient (Wildman–Crippen LogP) is 1.29. The first-order valence-electron chi connectivity index (χ1n) is 4.92. The van der Waals surface area contributed by atoms with E-state index in [1.54, 1.807) is 31.2 Å². The van der Waals surface area contributed by atoms with Crippen LogP contribution in [0.3, 0.4) is 0 Å². The van der Waals surface area contributed by atoms with Crippen LogP contribution in [0, 0.1) is 0 Å². The molecule has 0 fully saturated rings. The van der Waals surface area contributed by atoms with Crippen LogP contribution in [0.4, 0.5) is 5.69 Å². The van der Waals surface area contributed by atoms with Gasteiger partial charge in [-0.2, -0.15) is 0 Å². The van der Waals surface area contributed by atoms with Gasteiger partial charge in [0.15, 0.2) is 0 Å². The molecule has 0 bridgehead atoms. The predicted molar refractivity (Wildman–Crippen MR) is 59.9 cm³/mol. The Kier molecular flexibility index (Phi) is 4.28. The molecular weight excluding hydrogens is 208 g/mol. The van der Waals surface area contributed by atoms with Crippen molar-refractivity contribution in [1.82, 2.24) is 5.06 Å². The number of para-hydroxylation sites is 1. The molecule has 0 aliphatic heterocycles. The minimum absolute atomic E-state index is 0.325. The van der Waals surface area contributed by atoms with Gasteiger partial charge in [-0.1, -0.05) is 18.2 Å². The number of nitrogens with zero attached hydrogens (tertiary/aromatic N) is 2. The molecule has 5 nitrogen and oxygen atoms in total. The molecule has 1 atom stereocenters. The van der Waals surface area contributed by atoms with Crippen molar-refractivity contribution in [3.63, 3.8) is 0 Å². The molecule has 0 aliphatic carbocycles. The molecule has 0 spiro atoms. The molecule has 1 rings (SSSR count). The van der Waals surface area contributed by atoms with Crippen molar-refractivity contribution < 1.29 is 14.8 Å². The lowest BCUT2D eigenvalue weighted by Crippen LogP contribution is -2.44. The second-order valence-corrected chi connectivity index (χ2v) is 3.37. The quantitative estimate of drug-likeness (QED) is 0.783. The fourth-order valence-corrected chi connectivity index (χ4v) is 1.26. The van der Waals surface area contributed by atoms with Crippen molar-refractivity contribution >= 4 is 11.6 Å². The first-order valence-corrected chi connectivity index (χ1v) is 4.92. The van der Waals surface area contributed by atoms with Crippen LogP contribution in [0.2, 0.25) is 0 Å². The van der Waals surface area contributed by atoms with Crippen molar-refractivity contribution in [2.75, 3.05) is 19.2 Å². The van der Waals surface area contributed by atoms with Gasteiger partial charge in [-0.25, -0.2) is 10.1 Å². The Morgan fingerprint density at radius 1 is 1.38 bits per heavy atom. The van der Waals surface area contributed by atoms with Crippen molar-refractivity contribution in [2.45, 2.75) is 13.0 Å². The first-order chi connectivity index (χ1) is 7.57. The summed E-state index contributed by atoms with van der Waals surface area (Å²) in [6.45, 7) is 1.60. The zero-order valence-electron chi connectivity index (χ0n) is 9.62. The van der Waals surface area contributed by atoms with Gasteiger partial charge >= 0.3 is 0 Å². The molecule has 1 N–H and O–H groups in total. The second-order valence-electron chi connectivity index (χ2n) is 3.37. The molecule has 0 radical (unpaired) electrons. The summed E-state index contributed by atoms with van der Waals surface area (Å²) < 4.78 is 0. The van der Waals surface area contributed by atoms with Crippen LogP contribution in [0.25, 0.3) is 0 Å². The summed E-state index contributed by atoms with van der Waals surface area (Å²) in [5.41, 5.74) is 0.563. The smallest absolute Gasteiger partial charge is 0.270 e. The average molecular weight is 224 g/mol. The topological polar surface area (TPSA) is 53.0 Å². The van der Waals surface area contributed by atoms with E-state index in [2.05, 4.69) is 0 Å². The van der Waals surface area contributed by atoms with E-state index in [4.69, 9.17) is 4.84 Å². The highest BCUT2D eigenvalue weighted by Gasteiger charge is 2.23. The number of benzene rings is 1. The van der Waals surface area contributed by atoms with Crippen LogP contribution in [0.1, 0.15) is 6.92 Å². The summed E-state index contributed by atoms with van der Waals surface area (Å²) >= 11 is 0. The van der Waals surface area contributed by atoms with E-state index in [1.807, 2.05) is 6.07 Å². The SMILES string of the molecule is CON(C)C(=O)[C@H](C)N(O)c1ccccc1. The third-order valence-corrected chi connectivity index (χ3v) is 2.33. The van der Waals surface area contributed by atoms with E-state index in [9.17, 15) is 10.0 Å². The van der Waals surface area contributed by atoms with E-state index in [0.717, 1.165) is 10.1 Å². The molecule has 88 valence electrons. The molecule has 1 aromatic rings. The largest absolute Gasteiger partial charge is 0.288 e.